The normalized spacial score (nSPS) is 10.4. The summed E-state index contributed by atoms with van der Waals surface area (Å²) in [6.45, 7) is 4.05. The van der Waals surface area contributed by atoms with Crippen LogP contribution in [0.2, 0.25) is 0 Å². The number of rotatable bonds is 2. The minimum absolute atomic E-state index is 0.0237. The van der Waals surface area contributed by atoms with Crippen molar-refractivity contribution >= 4 is 16.9 Å². The average Bonchev–Trinajstić information content (AvgIpc) is 2.25. The van der Waals surface area contributed by atoms with E-state index < -0.39 is 0 Å². The Morgan fingerprint density at radius 2 is 2.20 bits per heavy atom. The van der Waals surface area contributed by atoms with Gasteiger partial charge in [-0.1, -0.05) is 18.2 Å². The third-order valence-corrected chi connectivity index (χ3v) is 2.19. The van der Waals surface area contributed by atoms with Gasteiger partial charge in [-0.15, -0.1) is 6.58 Å². The molecule has 0 fully saturated rings. The van der Waals surface area contributed by atoms with Crippen molar-refractivity contribution in [3.8, 4) is 0 Å². The Morgan fingerprint density at radius 1 is 1.47 bits per heavy atom. The molecule has 2 aromatic rings. The number of hydrogen-bond donors (Lipinski definition) is 1. The fraction of sp³-hybridized carbons (Fsp3) is 0.0909. The van der Waals surface area contributed by atoms with E-state index in [1.807, 2.05) is 24.3 Å². The van der Waals surface area contributed by atoms with E-state index in [9.17, 15) is 4.79 Å². The van der Waals surface area contributed by atoms with Crippen LogP contribution >= 0.6 is 0 Å². The van der Waals surface area contributed by atoms with Crippen LogP contribution in [0.3, 0.4) is 0 Å². The molecule has 0 aliphatic carbocycles. The Labute approximate surface area is 86.7 Å². The third-order valence-electron chi connectivity index (χ3n) is 2.19. The minimum Gasteiger partial charge on any atom is -0.379 e. The standard InChI is InChI=1S/C11H11N3O/c1-2-7-14-9-6-4-3-5-8(9)13-10(12)11(14)15/h2-6H,1,7H2,(H2,12,13). The Hall–Kier alpha value is -2.10. The van der Waals surface area contributed by atoms with Gasteiger partial charge in [-0.2, -0.15) is 0 Å². The number of benzene rings is 1. The summed E-state index contributed by atoms with van der Waals surface area (Å²) in [6, 6.07) is 7.38. The van der Waals surface area contributed by atoms with Crippen LogP contribution in [-0.2, 0) is 6.54 Å². The highest BCUT2D eigenvalue weighted by atomic mass is 16.1. The minimum atomic E-state index is -0.270. The predicted octanol–water partition coefficient (Wildman–Crippen LogP) is 1.16. The van der Waals surface area contributed by atoms with Crippen molar-refractivity contribution in [2.24, 2.45) is 0 Å². The van der Waals surface area contributed by atoms with E-state index in [2.05, 4.69) is 11.6 Å². The van der Waals surface area contributed by atoms with Gasteiger partial charge in [0.1, 0.15) is 0 Å². The second kappa shape index (κ2) is 3.57. The van der Waals surface area contributed by atoms with Crippen LogP contribution < -0.4 is 11.3 Å². The molecule has 0 saturated heterocycles. The highest BCUT2D eigenvalue weighted by Gasteiger charge is 2.05. The Bertz CT molecular complexity index is 572. The molecule has 1 aromatic carbocycles. The number of para-hydroxylation sites is 2. The zero-order chi connectivity index (χ0) is 10.8. The van der Waals surface area contributed by atoms with E-state index in [0.717, 1.165) is 11.0 Å². The second-order valence-electron chi connectivity index (χ2n) is 3.19. The lowest BCUT2D eigenvalue weighted by Gasteiger charge is -2.07. The fourth-order valence-corrected chi connectivity index (χ4v) is 1.52. The van der Waals surface area contributed by atoms with Crippen molar-refractivity contribution in [3.63, 3.8) is 0 Å². The quantitative estimate of drug-likeness (QED) is 0.742. The summed E-state index contributed by atoms with van der Waals surface area (Å²) in [6.07, 6.45) is 1.66. The lowest BCUT2D eigenvalue weighted by Crippen LogP contribution is -2.24. The fourth-order valence-electron chi connectivity index (χ4n) is 1.52. The number of nitrogens with two attached hydrogens (primary N) is 1. The van der Waals surface area contributed by atoms with Gasteiger partial charge in [0.05, 0.1) is 11.0 Å². The molecule has 0 aliphatic heterocycles. The SMILES string of the molecule is C=CCn1c(=O)c(N)nc2ccccc21. The zero-order valence-electron chi connectivity index (χ0n) is 8.18. The van der Waals surface area contributed by atoms with Crippen LogP contribution in [0.15, 0.2) is 41.7 Å². The van der Waals surface area contributed by atoms with Crippen LogP contribution in [0.5, 0.6) is 0 Å². The van der Waals surface area contributed by atoms with Crippen molar-refractivity contribution in [2.45, 2.75) is 6.54 Å². The summed E-state index contributed by atoms with van der Waals surface area (Å²) in [5.41, 5.74) is 6.76. The average molecular weight is 201 g/mol. The zero-order valence-corrected chi connectivity index (χ0v) is 8.18. The largest absolute Gasteiger partial charge is 0.379 e. The number of fused-ring (bicyclic) bond motifs is 1. The molecule has 0 atom stereocenters. The first-order chi connectivity index (χ1) is 7.24. The molecule has 76 valence electrons. The monoisotopic (exact) mass is 201 g/mol. The number of allylic oxidation sites excluding steroid dienone is 1. The second-order valence-corrected chi connectivity index (χ2v) is 3.19. The van der Waals surface area contributed by atoms with E-state index in [4.69, 9.17) is 5.73 Å². The lowest BCUT2D eigenvalue weighted by atomic mass is 10.3. The summed E-state index contributed by atoms with van der Waals surface area (Å²) in [5.74, 6) is 0.0237. The summed E-state index contributed by atoms with van der Waals surface area (Å²) in [7, 11) is 0. The molecule has 0 unspecified atom stereocenters. The highest BCUT2D eigenvalue weighted by Crippen LogP contribution is 2.10. The van der Waals surface area contributed by atoms with Crippen LogP contribution in [0, 0.1) is 0 Å². The van der Waals surface area contributed by atoms with Gasteiger partial charge in [-0.25, -0.2) is 4.98 Å². The molecule has 0 saturated carbocycles. The summed E-state index contributed by atoms with van der Waals surface area (Å²) in [5, 5.41) is 0. The van der Waals surface area contributed by atoms with Gasteiger partial charge in [-0.05, 0) is 12.1 Å². The molecule has 2 rings (SSSR count). The van der Waals surface area contributed by atoms with Gasteiger partial charge in [0.2, 0.25) is 0 Å². The van der Waals surface area contributed by atoms with Gasteiger partial charge in [0.25, 0.3) is 5.56 Å². The number of hydrogen-bond acceptors (Lipinski definition) is 3. The van der Waals surface area contributed by atoms with E-state index in [1.165, 1.54) is 0 Å². The Kier molecular flexibility index (Phi) is 2.25. The molecule has 4 nitrogen and oxygen atoms in total. The van der Waals surface area contributed by atoms with Crippen molar-refractivity contribution in [1.82, 2.24) is 9.55 Å². The van der Waals surface area contributed by atoms with Gasteiger partial charge in [0, 0.05) is 6.54 Å². The van der Waals surface area contributed by atoms with Crippen molar-refractivity contribution in [2.75, 3.05) is 5.73 Å². The summed E-state index contributed by atoms with van der Waals surface area (Å²) in [4.78, 5) is 15.7. The maximum absolute atomic E-state index is 11.7. The molecule has 4 heteroatoms. The lowest BCUT2D eigenvalue weighted by molar-refractivity contribution is 0.813. The predicted molar refractivity (Wildman–Crippen MR) is 60.6 cm³/mol. The van der Waals surface area contributed by atoms with Gasteiger partial charge >= 0.3 is 0 Å². The summed E-state index contributed by atoms with van der Waals surface area (Å²) < 4.78 is 1.56. The van der Waals surface area contributed by atoms with Crippen molar-refractivity contribution in [3.05, 3.63) is 47.3 Å². The smallest absolute Gasteiger partial charge is 0.293 e. The maximum Gasteiger partial charge on any atom is 0.293 e. The molecule has 0 amide bonds. The molecule has 2 N–H and O–H groups in total. The van der Waals surface area contributed by atoms with Crippen LogP contribution in [0.4, 0.5) is 5.82 Å². The molecule has 1 heterocycles. The number of aromatic nitrogens is 2. The molecule has 0 spiro atoms. The molecule has 1 aromatic heterocycles. The van der Waals surface area contributed by atoms with Crippen LogP contribution in [0.1, 0.15) is 0 Å². The van der Waals surface area contributed by atoms with Crippen LogP contribution in [0.25, 0.3) is 11.0 Å². The van der Waals surface area contributed by atoms with Gasteiger partial charge in [-0.3, -0.25) is 9.36 Å². The van der Waals surface area contributed by atoms with Gasteiger partial charge in [0.15, 0.2) is 5.82 Å². The Morgan fingerprint density at radius 3 is 2.93 bits per heavy atom. The van der Waals surface area contributed by atoms with Crippen LogP contribution in [-0.4, -0.2) is 9.55 Å². The number of nitrogen functional groups attached to an aromatic ring is 1. The molecular weight excluding hydrogens is 190 g/mol. The molecule has 0 aliphatic rings. The van der Waals surface area contributed by atoms with E-state index in [0.29, 0.717) is 6.54 Å². The van der Waals surface area contributed by atoms with Crippen molar-refractivity contribution in [1.29, 1.82) is 0 Å². The first-order valence-electron chi connectivity index (χ1n) is 4.60. The first-order valence-corrected chi connectivity index (χ1v) is 4.60. The topological polar surface area (TPSA) is 60.9 Å². The number of anilines is 1. The highest BCUT2D eigenvalue weighted by molar-refractivity contribution is 5.75. The van der Waals surface area contributed by atoms with Gasteiger partial charge < -0.3 is 5.73 Å². The van der Waals surface area contributed by atoms with E-state index >= 15 is 0 Å². The third kappa shape index (κ3) is 1.50. The Balaban J connectivity index is 2.88. The van der Waals surface area contributed by atoms with E-state index in [1.54, 1.807) is 10.6 Å². The molecular formula is C11H11N3O. The summed E-state index contributed by atoms with van der Waals surface area (Å²) >= 11 is 0. The maximum atomic E-state index is 11.7. The molecule has 0 bridgehead atoms. The van der Waals surface area contributed by atoms with Crippen molar-refractivity contribution < 1.29 is 0 Å². The molecule has 15 heavy (non-hydrogen) atoms. The number of nitrogens with zero attached hydrogens (tertiary/aromatic N) is 2. The van der Waals surface area contributed by atoms with E-state index in [-0.39, 0.29) is 11.4 Å². The molecule has 0 radical (unpaired) electrons. The first kappa shape index (κ1) is 9.45.